The molecule has 6 heteroatoms. The van der Waals surface area contributed by atoms with Gasteiger partial charge in [-0.15, -0.1) is 10.2 Å². The average molecular weight is 238 g/mol. The lowest BCUT2D eigenvalue weighted by molar-refractivity contribution is 1.01. The normalized spacial score (nSPS) is 10.4. The molecule has 2 heterocycles. The molecule has 0 saturated carbocycles. The van der Waals surface area contributed by atoms with E-state index in [0.717, 1.165) is 16.5 Å². The Hall–Kier alpha value is -1.14. The van der Waals surface area contributed by atoms with Crippen molar-refractivity contribution in [3.8, 4) is 0 Å². The summed E-state index contributed by atoms with van der Waals surface area (Å²) in [4.78, 5) is 3.97. The first kappa shape index (κ1) is 10.4. The van der Waals surface area contributed by atoms with Crippen LogP contribution in [-0.4, -0.2) is 20.9 Å². The van der Waals surface area contributed by atoms with Crippen molar-refractivity contribution in [2.45, 2.75) is 10.8 Å². The van der Waals surface area contributed by atoms with Gasteiger partial charge < -0.3 is 5.73 Å². The van der Waals surface area contributed by atoms with E-state index in [2.05, 4.69) is 15.2 Å². The van der Waals surface area contributed by atoms with E-state index in [9.17, 15) is 0 Å². The zero-order valence-electron chi connectivity index (χ0n) is 7.96. The molecule has 0 aliphatic carbocycles. The highest BCUT2D eigenvalue weighted by Crippen LogP contribution is 2.23. The third-order valence-electron chi connectivity index (χ3n) is 1.79. The van der Waals surface area contributed by atoms with Crippen LogP contribution in [0.4, 0.5) is 5.13 Å². The smallest absolute Gasteiger partial charge is 0.203 e. The predicted octanol–water partition coefficient (Wildman–Crippen LogP) is 1.85. The van der Waals surface area contributed by atoms with Gasteiger partial charge in [0.15, 0.2) is 4.34 Å². The molecule has 0 bridgehead atoms. The Morgan fingerprint density at radius 1 is 1.27 bits per heavy atom. The van der Waals surface area contributed by atoms with Gasteiger partial charge in [0.25, 0.3) is 0 Å². The maximum Gasteiger partial charge on any atom is 0.203 e. The minimum atomic E-state index is 0.529. The monoisotopic (exact) mass is 238 g/mol. The number of nitrogens with zero attached hydrogens (tertiary/aromatic N) is 3. The van der Waals surface area contributed by atoms with Gasteiger partial charge in [-0.3, -0.25) is 4.98 Å². The van der Waals surface area contributed by atoms with E-state index < -0.39 is 0 Å². The molecule has 2 N–H and O–H groups in total. The summed E-state index contributed by atoms with van der Waals surface area (Å²) >= 11 is 3.11. The Labute approximate surface area is 95.9 Å². The molecule has 0 aliphatic heterocycles. The Bertz CT molecular complexity index is 415. The lowest BCUT2D eigenvalue weighted by atomic mass is 10.2. The number of hydrogen-bond acceptors (Lipinski definition) is 6. The quantitative estimate of drug-likeness (QED) is 0.823. The van der Waals surface area contributed by atoms with Gasteiger partial charge in [0.05, 0.1) is 0 Å². The van der Waals surface area contributed by atoms with Crippen molar-refractivity contribution < 1.29 is 0 Å². The summed E-state index contributed by atoms with van der Waals surface area (Å²) in [5.41, 5.74) is 6.77. The van der Waals surface area contributed by atoms with E-state index in [1.807, 2.05) is 24.5 Å². The largest absolute Gasteiger partial charge is 0.374 e. The number of thioether (sulfide) groups is 1. The van der Waals surface area contributed by atoms with Gasteiger partial charge in [-0.2, -0.15) is 0 Å². The highest BCUT2D eigenvalue weighted by atomic mass is 32.2. The lowest BCUT2D eigenvalue weighted by Gasteiger charge is -1.97. The van der Waals surface area contributed by atoms with Crippen molar-refractivity contribution in [2.24, 2.45) is 0 Å². The maximum absolute atomic E-state index is 5.48. The summed E-state index contributed by atoms with van der Waals surface area (Å²) in [6, 6.07) is 4.05. The molecule has 78 valence electrons. The van der Waals surface area contributed by atoms with Gasteiger partial charge in [-0.05, 0) is 24.1 Å². The summed E-state index contributed by atoms with van der Waals surface area (Å²) in [6.07, 6.45) is 4.62. The number of hydrogen-bond donors (Lipinski definition) is 1. The third kappa shape index (κ3) is 3.17. The molecule has 0 saturated heterocycles. The highest BCUT2D eigenvalue weighted by molar-refractivity contribution is 8.01. The van der Waals surface area contributed by atoms with E-state index in [1.54, 1.807) is 11.8 Å². The second-order valence-corrected chi connectivity index (χ2v) is 5.21. The molecular formula is C9H10N4S2. The van der Waals surface area contributed by atoms with E-state index in [1.165, 1.54) is 16.9 Å². The van der Waals surface area contributed by atoms with Crippen LogP contribution in [0.1, 0.15) is 5.56 Å². The van der Waals surface area contributed by atoms with Crippen molar-refractivity contribution in [1.82, 2.24) is 15.2 Å². The van der Waals surface area contributed by atoms with Crippen molar-refractivity contribution in [3.63, 3.8) is 0 Å². The van der Waals surface area contributed by atoms with Gasteiger partial charge >= 0.3 is 0 Å². The second kappa shape index (κ2) is 5.09. The molecule has 2 aromatic rings. The molecule has 2 rings (SSSR count). The second-order valence-electron chi connectivity index (χ2n) is 2.86. The number of aromatic nitrogens is 3. The minimum Gasteiger partial charge on any atom is -0.374 e. The highest BCUT2D eigenvalue weighted by Gasteiger charge is 2.01. The summed E-state index contributed by atoms with van der Waals surface area (Å²) in [7, 11) is 0. The summed E-state index contributed by atoms with van der Waals surface area (Å²) in [6.45, 7) is 0. The van der Waals surface area contributed by atoms with Gasteiger partial charge in [-0.1, -0.05) is 23.1 Å². The van der Waals surface area contributed by atoms with E-state index >= 15 is 0 Å². The number of nitrogen functional groups attached to an aromatic ring is 1. The van der Waals surface area contributed by atoms with Gasteiger partial charge in [0, 0.05) is 18.1 Å². The standard InChI is InChI=1S/C9H10N4S2/c10-8-12-13-9(15-8)14-6-3-7-1-4-11-5-2-7/h1-2,4-5H,3,6H2,(H2,10,12). The van der Waals surface area contributed by atoms with E-state index in [0.29, 0.717) is 5.13 Å². The van der Waals surface area contributed by atoms with Crippen molar-refractivity contribution in [3.05, 3.63) is 30.1 Å². The van der Waals surface area contributed by atoms with Gasteiger partial charge in [-0.25, -0.2) is 0 Å². The molecule has 0 unspecified atom stereocenters. The molecule has 0 fully saturated rings. The number of rotatable bonds is 4. The first-order valence-corrected chi connectivity index (χ1v) is 6.25. The van der Waals surface area contributed by atoms with Crippen LogP contribution in [0.15, 0.2) is 28.9 Å². The molecule has 0 spiro atoms. The first-order valence-electron chi connectivity index (χ1n) is 4.45. The van der Waals surface area contributed by atoms with Crippen LogP contribution in [-0.2, 0) is 6.42 Å². The van der Waals surface area contributed by atoms with Crippen LogP contribution in [0.25, 0.3) is 0 Å². The number of anilines is 1. The van der Waals surface area contributed by atoms with Crippen LogP contribution >= 0.6 is 23.1 Å². The van der Waals surface area contributed by atoms with Crippen molar-refractivity contribution in [2.75, 3.05) is 11.5 Å². The number of nitrogens with two attached hydrogens (primary N) is 1. The Balaban J connectivity index is 1.80. The zero-order valence-corrected chi connectivity index (χ0v) is 9.59. The number of aryl methyl sites for hydroxylation is 1. The molecule has 15 heavy (non-hydrogen) atoms. The zero-order chi connectivity index (χ0) is 10.5. The molecule has 0 aliphatic rings. The fraction of sp³-hybridized carbons (Fsp3) is 0.222. The van der Waals surface area contributed by atoms with Crippen LogP contribution in [0.5, 0.6) is 0 Å². The van der Waals surface area contributed by atoms with Crippen LogP contribution < -0.4 is 5.73 Å². The van der Waals surface area contributed by atoms with Gasteiger partial charge in [0.2, 0.25) is 5.13 Å². The van der Waals surface area contributed by atoms with Crippen LogP contribution in [0.2, 0.25) is 0 Å². The van der Waals surface area contributed by atoms with E-state index in [4.69, 9.17) is 5.73 Å². The molecular weight excluding hydrogens is 228 g/mol. The Kier molecular flexibility index (Phi) is 3.52. The number of pyridine rings is 1. The topological polar surface area (TPSA) is 64.7 Å². The predicted molar refractivity (Wildman–Crippen MR) is 63.0 cm³/mol. The van der Waals surface area contributed by atoms with Crippen LogP contribution in [0.3, 0.4) is 0 Å². The summed E-state index contributed by atoms with van der Waals surface area (Å²) in [5, 5.41) is 8.23. The maximum atomic E-state index is 5.48. The average Bonchev–Trinajstić information content (AvgIpc) is 2.66. The van der Waals surface area contributed by atoms with Crippen molar-refractivity contribution in [1.29, 1.82) is 0 Å². The molecule has 2 aromatic heterocycles. The fourth-order valence-corrected chi connectivity index (χ4v) is 2.78. The summed E-state index contributed by atoms with van der Waals surface area (Å²) < 4.78 is 0.932. The molecule has 0 radical (unpaired) electrons. The van der Waals surface area contributed by atoms with Crippen LogP contribution in [0, 0.1) is 0 Å². The first-order chi connectivity index (χ1) is 7.34. The third-order valence-corrected chi connectivity index (χ3v) is 3.68. The Morgan fingerprint density at radius 3 is 2.73 bits per heavy atom. The molecule has 0 aromatic carbocycles. The lowest BCUT2D eigenvalue weighted by Crippen LogP contribution is -1.88. The molecule has 0 atom stereocenters. The minimum absolute atomic E-state index is 0.529. The van der Waals surface area contributed by atoms with Gasteiger partial charge in [0.1, 0.15) is 0 Å². The summed E-state index contributed by atoms with van der Waals surface area (Å²) in [5.74, 6) is 0.985. The fourth-order valence-electron chi connectivity index (χ4n) is 1.08. The molecule has 4 nitrogen and oxygen atoms in total. The Morgan fingerprint density at radius 2 is 2.07 bits per heavy atom. The van der Waals surface area contributed by atoms with E-state index in [-0.39, 0.29) is 0 Å². The SMILES string of the molecule is Nc1nnc(SCCc2ccncc2)s1. The van der Waals surface area contributed by atoms with Crippen molar-refractivity contribution >= 4 is 28.2 Å². The molecule has 0 amide bonds.